The maximum Gasteiger partial charge on any atom is 0.586 e. The molecular formula is C30H30F5NO7. The normalized spacial score (nSPS) is 26.5. The van der Waals surface area contributed by atoms with Crippen molar-refractivity contribution in [2.45, 2.75) is 82.1 Å². The Balaban J connectivity index is 1.22. The molecule has 1 amide bonds. The molecule has 43 heavy (non-hydrogen) atoms. The molecule has 232 valence electrons. The Morgan fingerprint density at radius 3 is 2.37 bits per heavy atom. The smallest absolute Gasteiger partial charge is 0.490 e. The number of esters is 1. The predicted octanol–water partition coefficient (Wildman–Crippen LogP) is 6.32. The predicted molar refractivity (Wildman–Crippen MR) is 139 cm³/mol. The van der Waals surface area contributed by atoms with Crippen LogP contribution in [0.15, 0.2) is 36.4 Å². The largest absolute Gasteiger partial charge is 0.586 e. The number of hydrogen-bond acceptors (Lipinski definition) is 7. The summed E-state index contributed by atoms with van der Waals surface area (Å²) in [5, 5.41) is 3.06. The molecule has 1 N–H and O–H groups in total. The number of halogens is 5. The summed E-state index contributed by atoms with van der Waals surface area (Å²) in [5.41, 5.74) is 0.0296. The van der Waals surface area contributed by atoms with Gasteiger partial charge in [-0.1, -0.05) is 6.07 Å². The van der Waals surface area contributed by atoms with E-state index in [1.54, 1.807) is 13.0 Å². The molecule has 2 aromatic carbocycles. The average Bonchev–Trinajstić information content (AvgIpc) is 3.69. The summed E-state index contributed by atoms with van der Waals surface area (Å²) in [7, 11) is 0. The number of fused-ring (bicyclic) bond motifs is 2. The first-order chi connectivity index (χ1) is 20.4. The van der Waals surface area contributed by atoms with Crippen LogP contribution in [0.4, 0.5) is 22.0 Å². The van der Waals surface area contributed by atoms with Gasteiger partial charge in [-0.05, 0) is 81.2 Å². The molecule has 0 saturated heterocycles. The third kappa shape index (κ3) is 6.03. The minimum absolute atomic E-state index is 0.00386. The van der Waals surface area contributed by atoms with Crippen LogP contribution in [0.3, 0.4) is 0 Å². The van der Waals surface area contributed by atoms with Gasteiger partial charge in [0.1, 0.15) is 17.6 Å². The number of amides is 1. The van der Waals surface area contributed by atoms with Gasteiger partial charge >= 0.3 is 18.6 Å². The molecule has 0 spiro atoms. The summed E-state index contributed by atoms with van der Waals surface area (Å²) in [4.78, 5) is 26.0. The van der Waals surface area contributed by atoms with Crippen molar-refractivity contribution in [3.63, 3.8) is 0 Å². The van der Waals surface area contributed by atoms with Crippen LogP contribution in [0.5, 0.6) is 23.0 Å². The van der Waals surface area contributed by atoms with Crippen molar-refractivity contribution in [3.8, 4) is 23.0 Å². The highest BCUT2D eigenvalue weighted by Gasteiger charge is 2.53. The highest BCUT2D eigenvalue weighted by molar-refractivity contribution is 5.92. The second-order valence-corrected chi connectivity index (χ2v) is 11.4. The maximum absolute atomic E-state index is 13.8. The number of carbonyl (C=O) groups is 2. The molecule has 0 bridgehead atoms. The third-order valence-corrected chi connectivity index (χ3v) is 8.70. The monoisotopic (exact) mass is 611 g/mol. The van der Waals surface area contributed by atoms with Gasteiger partial charge in [0.05, 0.1) is 24.0 Å². The Morgan fingerprint density at radius 2 is 1.70 bits per heavy atom. The summed E-state index contributed by atoms with van der Waals surface area (Å²) >= 11 is 0. The highest BCUT2D eigenvalue weighted by Crippen LogP contribution is 2.53. The van der Waals surface area contributed by atoms with Gasteiger partial charge in [-0.25, -0.2) is 0 Å². The standard InChI is InChI=1S/C30H30F5NO7/c1-2-39-26(37)17-5-3-16(4-6-17)23-15-21(20-9-8-19(14-24(20)40-23)41-29(31,32)33)36-27(38)28(11-12-28)18-7-10-22-25(13-18)43-30(34,35)42-22/h7-10,13-14,16-17,21,23H,2-6,11-12,15H2,1H3,(H,36,38)/t16?,17?,21-,23-/m1/s1. The van der Waals surface area contributed by atoms with Gasteiger partial charge < -0.3 is 29.0 Å². The molecule has 0 radical (unpaired) electrons. The SMILES string of the molecule is CCOC(=O)C1CCC([C@H]2C[C@@H](NC(=O)C3(c4ccc5c(c4)OC(F)(F)O5)CC3)c3ccc(OC(F)(F)F)cc3O2)CC1. The topological polar surface area (TPSA) is 92.3 Å². The lowest BCUT2D eigenvalue weighted by Crippen LogP contribution is -2.43. The van der Waals surface area contributed by atoms with Gasteiger partial charge in [0.25, 0.3) is 0 Å². The molecule has 2 fully saturated rings. The second-order valence-electron chi connectivity index (χ2n) is 11.4. The van der Waals surface area contributed by atoms with E-state index in [9.17, 15) is 31.5 Å². The molecule has 2 aromatic rings. The van der Waals surface area contributed by atoms with Crippen LogP contribution in [0, 0.1) is 11.8 Å². The molecule has 2 aliphatic carbocycles. The number of benzene rings is 2. The van der Waals surface area contributed by atoms with E-state index in [-0.39, 0.29) is 41.0 Å². The Labute approximate surface area is 243 Å². The lowest BCUT2D eigenvalue weighted by Gasteiger charge is -2.39. The van der Waals surface area contributed by atoms with E-state index in [1.807, 2.05) is 0 Å². The van der Waals surface area contributed by atoms with E-state index in [4.69, 9.17) is 9.47 Å². The molecule has 2 atom stereocenters. The molecule has 2 saturated carbocycles. The Kier molecular flexibility index (Phi) is 7.32. The zero-order valence-electron chi connectivity index (χ0n) is 23.2. The van der Waals surface area contributed by atoms with Crippen LogP contribution in [0.1, 0.15) is 69.0 Å². The van der Waals surface area contributed by atoms with Gasteiger partial charge in [0, 0.05) is 18.1 Å². The number of alkyl halides is 5. The summed E-state index contributed by atoms with van der Waals surface area (Å²) in [6.45, 7) is 2.05. The fraction of sp³-hybridized carbons (Fsp3) is 0.533. The molecule has 2 heterocycles. The number of carbonyl (C=O) groups excluding carboxylic acids is 2. The first kappa shape index (κ1) is 29.3. The molecule has 4 aliphatic rings. The Hall–Kier alpha value is -3.77. The van der Waals surface area contributed by atoms with Gasteiger partial charge in [-0.15, -0.1) is 22.0 Å². The number of ether oxygens (including phenoxy) is 5. The lowest BCUT2D eigenvalue weighted by molar-refractivity contribution is -0.286. The number of hydrogen-bond donors (Lipinski definition) is 1. The molecule has 0 unspecified atom stereocenters. The summed E-state index contributed by atoms with van der Waals surface area (Å²) in [5.74, 6) is -1.35. The van der Waals surface area contributed by atoms with Crippen LogP contribution in [0.2, 0.25) is 0 Å². The van der Waals surface area contributed by atoms with E-state index in [0.717, 1.165) is 0 Å². The van der Waals surface area contributed by atoms with Gasteiger partial charge in [0.2, 0.25) is 5.91 Å². The lowest BCUT2D eigenvalue weighted by atomic mass is 9.76. The summed E-state index contributed by atoms with van der Waals surface area (Å²) in [6.07, 6.45) is -5.33. The van der Waals surface area contributed by atoms with E-state index >= 15 is 0 Å². The quantitative estimate of drug-likeness (QED) is 0.290. The van der Waals surface area contributed by atoms with E-state index in [0.29, 0.717) is 62.7 Å². The fourth-order valence-electron chi connectivity index (χ4n) is 6.40. The molecule has 6 rings (SSSR count). The van der Waals surface area contributed by atoms with E-state index in [2.05, 4.69) is 19.5 Å². The molecule has 2 aliphatic heterocycles. The average molecular weight is 612 g/mol. The van der Waals surface area contributed by atoms with Gasteiger partial charge in [0.15, 0.2) is 11.5 Å². The summed E-state index contributed by atoms with van der Waals surface area (Å²) < 4.78 is 90.5. The van der Waals surface area contributed by atoms with Crippen molar-refractivity contribution in [1.29, 1.82) is 0 Å². The number of rotatable bonds is 7. The maximum atomic E-state index is 13.8. The van der Waals surface area contributed by atoms with E-state index < -0.39 is 36.0 Å². The Morgan fingerprint density at radius 1 is 0.977 bits per heavy atom. The summed E-state index contributed by atoms with van der Waals surface area (Å²) in [6, 6.07) is 7.46. The zero-order chi connectivity index (χ0) is 30.6. The van der Waals surface area contributed by atoms with Gasteiger partial charge in [-0.2, -0.15) is 0 Å². The zero-order valence-corrected chi connectivity index (χ0v) is 23.2. The van der Waals surface area contributed by atoms with Crippen LogP contribution in [-0.2, 0) is 19.7 Å². The van der Waals surface area contributed by atoms with Crippen molar-refractivity contribution in [2.75, 3.05) is 6.61 Å². The van der Waals surface area contributed by atoms with Crippen molar-refractivity contribution in [1.82, 2.24) is 5.32 Å². The van der Waals surface area contributed by atoms with Gasteiger partial charge in [-0.3, -0.25) is 9.59 Å². The minimum atomic E-state index is -4.89. The van der Waals surface area contributed by atoms with Crippen molar-refractivity contribution in [2.24, 2.45) is 11.8 Å². The first-order valence-electron chi connectivity index (χ1n) is 14.3. The van der Waals surface area contributed by atoms with Crippen LogP contribution < -0.4 is 24.3 Å². The molecule has 13 heteroatoms. The highest BCUT2D eigenvalue weighted by atomic mass is 19.4. The fourth-order valence-corrected chi connectivity index (χ4v) is 6.40. The number of nitrogens with one attached hydrogen (secondary N) is 1. The van der Waals surface area contributed by atoms with Crippen LogP contribution in [0.25, 0.3) is 0 Å². The first-order valence-corrected chi connectivity index (χ1v) is 14.3. The van der Waals surface area contributed by atoms with Crippen molar-refractivity contribution in [3.05, 3.63) is 47.5 Å². The Bertz CT molecular complexity index is 1400. The van der Waals surface area contributed by atoms with Crippen molar-refractivity contribution >= 4 is 11.9 Å². The van der Waals surface area contributed by atoms with Crippen LogP contribution in [-0.4, -0.2) is 37.2 Å². The molecule has 8 nitrogen and oxygen atoms in total. The second kappa shape index (κ2) is 10.7. The minimum Gasteiger partial charge on any atom is -0.490 e. The molecule has 0 aromatic heterocycles. The third-order valence-electron chi connectivity index (χ3n) is 8.70. The molecular weight excluding hydrogens is 581 g/mol. The van der Waals surface area contributed by atoms with Crippen molar-refractivity contribution < 1.29 is 55.2 Å². The van der Waals surface area contributed by atoms with Crippen LogP contribution >= 0.6 is 0 Å². The van der Waals surface area contributed by atoms with E-state index in [1.165, 1.54) is 30.3 Å².